The van der Waals surface area contributed by atoms with Gasteiger partial charge in [0.2, 0.25) is 5.91 Å². The molecule has 0 aliphatic rings. The van der Waals surface area contributed by atoms with Crippen molar-refractivity contribution in [2.45, 2.75) is 32.6 Å². The van der Waals surface area contributed by atoms with Gasteiger partial charge in [0.15, 0.2) is 0 Å². The third-order valence-corrected chi connectivity index (χ3v) is 7.25. The molecule has 3 aromatic carbocycles. The van der Waals surface area contributed by atoms with Crippen LogP contribution in [0.4, 0.5) is 11.4 Å². The van der Waals surface area contributed by atoms with Crippen LogP contribution in [0.25, 0.3) is 0 Å². The Kier molecular flexibility index (Phi) is 6.72. The Morgan fingerprint density at radius 3 is 2.26 bits per heavy atom. The van der Waals surface area contributed by atoms with Crippen LogP contribution in [0, 0.1) is 27.7 Å². The van der Waals surface area contributed by atoms with Gasteiger partial charge in [-0.2, -0.15) is 0 Å². The van der Waals surface area contributed by atoms with E-state index in [9.17, 15) is 13.2 Å². The van der Waals surface area contributed by atoms with Gasteiger partial charge in [-0.15, -0.1) is 0 Å². The maximum absolute atomic E-state index is 13.5. The number of nitrogens with one attached hydrogen (secondary N) is 1. The van der Waals surface area contributed by atoms with Gasteiger partial charge in [-0.05, 0) is 74.7 Å². The smallest absolute Gasteiger partial charge is 0.264 e. The molecule has 1 N–H and O–H groups in total. The van der Waals surface area contributed by atoms with E-state index >= 15 is 0 Å². The molecule has 0 saturated heterocycles. The van der Waals surface area contributed by atoms with Crippen LogP contribution in [0.5, 0.6) is 0 Å². The molecule has 0 saturated carbocycles. The number of anilines is 2. The number of sulfonamides is 1. The van der Waals surface area contributed by atoms with Crippen molar-refractivity contribution in [1.29, 1.82) is 0 Å². The largest absolute Gasteiger partial charge is 0.324 e. The number of hydrogen-bond acceptors (Lipinski definition) is 3. The fourth-order valence-corrected chi connectivity index (χ4v) is 4.84. The van der Waals surface area contributed by atoms with Crippen molar-refractivity contribution >= 4 is 38.9 Å². The first kappa shape index (κ1) is 22.8. The second-order valence-electron chi connectivity index (χ2n) is 7.58. The Morgan fingerprint density at radius 1 is 0.935 bits per heavy atom. The van der Waals surface area contributed by atoms with Crippen molar-refractivity contribution in [3.63, 3.8) is 0 Å². The van der Waals surface area contributed by atoms with E-state index in [0.29, 0.717) is 22.0 Å². The standard InChI is InChI=1S/C24H25ClN2O3S/c1-16-9-12-20(13-10-16)31(29,30)27(23-7-5-6-21(25)19(23)4)15-24(28)26-22-14-17(2)8-11-18(22)3/h5-14H,15H2,1-4H3,(H,26,28). The van der Waals surface area contributed by atoms with Gasteiger partial charge in [0.25, 0.3) is 10.0 Å². The molecule has 0 bridgehead atoms. The summed E-state index contributed by atoms with van der Waals surface area (Å²) in [5.74, 6) is -0.441. The maximum atomic E-state index is 13.5. The molecular weight excluding hydrogens is 432 g/mol. The summed E-state index contributed by atoms with van der Waals surface area (Å²) in [6.45, 7) is 7.05. The highest BCUT2D eigenvalue weighted by Crippen LogP contribution is 2.31. The lowest BCUT2D eigenvalue weighted by molar-refractivity contribution is -0.114. The summed E-state index contributed by atoms with van der Waals surface area (Å²) in [6.07, 6.45) is 0. The third kappa shape index (κ3) is 5.09. The van der Waals surface area contributed by atoms with E-state index < -0.39 is 15.9 Å². The van der Waals surface area contributed by atoms with Gasteiger partial charge in [-0.25, -0.2) is 8.42 Å². The average molecular weight is 457 g/mol. The van der Waals surface area contributed by atoms with Crippen LogP contribution >= 0.6 is 11.6 Å². The lowest BCUT2D eigenvalue weighted by atomic mass is 10.1. The third-order valence-electron chi connectivity index (χ3n) is 5.07. The molecule has 0 unspecified atom stereocenters. The number of rotatable bonds is 6. The molecule has 162 valence electrons. The molecule has 1 amide bonds. The number of nitrogens with zero attached hydrogens (tertiary/aromatic N) is 1. The van der Waals surface area contributed by atoms with Gasteiger partial charge < -0.3 is 5.32 Å². The maximum Gasteiger partial charge on any atom is 0.264 e. The van der Waals surface area contributed by atoms with Gasteiger partial charge in [-0.1, -0.05) is 47.5 Å². The predicted octanol–water partition coefficient (Wildman–Crippen LogP) is 5.41. The summed E-state index contributed by atoms with van der Waals surface area (Å²) in [5.41, 5.74) is 4.43. The van der Waals surface area contributed by atoms with Gasteiger partial charge >= 0.3 is 0 Å². The van der Waals surface area contributed by atoms with Crippen LogP contribution in [-0.2, 0) is 14.8 Å². The van der Waals surface area contributed by atoms with Crippen molar-refractivity contribution in [2.75, 3.05) is 16.2 Å². The summed E-state index contributed by atoms with van der Waals surface area (Å²) >= 11 is 6.26. The number of benzene rings is 3. The van der Waals surface area contributed by atoms with E-state index in [1.165, 1.54) is 0 Å². The molecule has 5 nitrogen and oxygen atoms in total. The predicted molar refractivity (Wildman–Crippen MR) is 126 cm³/mol. The molecule has 0 fully saturated rings. The van der Waals surface area contributed by atoms with E-state index in [1.54, 1.807) is 49.4 Å². The molecule has 0 heterocycles. The molecule has 0 aromatic heterocycles. The Hall–Kier alpha value is -2.83. The van der Waals surface area contributed by atoms with Crippen LogP contribution in [0.1, 0.15) is 22.3 Å². The fraction of sp³-hybridized carbons (Fsp3) is 0.208. The number of halogens is 1. The summed E-state index contributed by atoms with van der Waals surface area (Å²) in [6, 6.07) is 17.3. The van der Waals surface area contributed by atoms with Crippen LogP contribution in [0.15, 0.2) is 65.6 Å². The fourth-order valence-electron chi connectivity index (χ4n) is 3.19. The molecule has 0 spiro atoms. The second kappa shape index (κ2) is 9.12. The second-order valence-corrected chi connectivity index (χ2v) is 9.84. The molecule has 0 aliphatic carbocycles. The summed E-state index contributed by atoms with van der Waals surface area (Å²) < 4.78 is 28.1. The first-order valence-corrected chi connectivity index (χ1v) is 11.6. The molecule has 0 atom stereocenters. The lowest BCUT2D eigenvalue weighted by Crippen LogP contribution is -2.38. The van der Waals surface area contributed by atoms with Gasteiger partial charge in [-0.3, -0.25) is 9.10 Å². The highest BCUT2D eigenvalue weighted by Gasteiger charge is 2.29. The van der Waals surface area contributed by atoms with Crippen LogP contribution in [0.2, 0.25) is 5.02 Å². The van der Waals surface area contributed by atoms with Crippen LogP contribution in [-0.4, -0.2) is 20.9 Å². The molecule has 0 radical (unpaired) electrons. The molecule has 7 heteroatoms. The summed E-state index contributed by atoms with van der Waals surface area (Å²) in [5, 5.41) is 3.27. The number of amides is 1. The monoisotopic (exact) mass is 456 g/mol. The lowest BCUT2D eigenvalue weighted by Gasteiger charge is -2.26. The van der Waals surface area contributed by atoms with E-state index in [0.717, 1.165) is 21.0 Å². The normalized spacial score (nSPS) is 11.3. The van der Waals surface area contributed by atoms with Crippen LogP contribution in [0.3, 0.4) is 0 Å². The number of carbonyl (C=O) groups excluding carboxylic acids is 1. The van der Waals surface area contributed by atoms with Crippen molar-refractivity contribution in [2.24, 2.45) is 0 Å². The van der Waals surface area contributed by atoms with Gasteiger partial charge in [0.05, 0.1) is 10.6 Å². The van der Waals surface area contributed by atoms with Gasteiger partial charge in [0.1, 0.15) is 6.54 Å². The first-order chi connectivity index (χ1) is 14.6. The highest BCUT2D eigenvalue weighted by molar-refractivity contribution is 7.92. The number of carbonyl (C=O) groups is 1. The van der Waals surface area contributed by atoms with Crippen molar-refractivity contribution in [3.05, 3.63) is 87.9 Å². The topological polar surface area (TPSA) is 66.5 Å². The molecule has 0 aliphatic heterocycles. The van der Waals surface area contributed by atoms with Gasteiger partial charge in [0, 0.05) is 10.7 Å². The Bertz CT molecular complexity index is 1220. The minimum atomic E-state index is -4.00. The summed E-state index contributed by atoms with van der Waals surface area (Å²) in [4.78, 5) is 13.0. The number of aryl methyl sites for hydroxylation is 3. The molecular formula is C24H25ClN2O3S. The first-order valence-electron chi connectivity index (χ1n) is 9.81. The van der Waals surface area contributed by atoms with E-state index in [2.05, 4.69) is 5.32 Å². The van der Waals surface area contributed by atoms with Crippen molar-refractivity contribution < 1.29 is 13.2 Å². The Morgan fingerprint density at radius 2 is 1.58 bits per heavy atom. The van der Waals surface area contributed by atoms with E-state index in [-0.39, 0.29) is 11.4 Å². The Labute approximate surface area is 188 Å². The minimum Gasteiger partial charge on any atom is -0.324 e. The minimum absolute atomic E-state index is 0.108. The quantitative estimate of drug-likeness (QED) is 0.539. The van der Waals surface area contributed by atoms with Crippen LogP contribution < -0.4 is 9.62 Å². The number of hydrogen-bond donors (Lipinski definition) is 1. The van der Waals surface area contributed by atoms with Crippen molar-refractivity contribution in [3.8, 4) is 0 Å². The zero-order valence-electron chi connectivity index (χ0n) is 17.9. The zero-order valence-corrected chi connectivity index (χ0v) is 19.5. The summed E-state index contributed by atoms with van der Waals surface area (Å²) in [7, 11) is -4.00. The average Bonchev–Trinajstić information content (AvgIpc) is 2.71. The SMILES string of the molecule is Cc1ccc(S(=O)(=O)N(CC(=O)Nc2cc(C)ccc2C)c2cccc(Cl)c2C)cc1. The zero-order chi connectivity index (χ0) is 22.8. The molecule has 3 aromatic rings. The van der Waals surface area contributed by atoms with Crippen molar-refractivity contribution in [1.82, 2.24) is 0 Å². The Balaban J connectivity index is 2.02. The molecule has 31 heavy (non-hydrogen) atoms. The van der Waals surface area contributed by atoms with E-state index in [1.807, 2.05) is 39.0 Å². The van der Waals surface area contributed by atoms with E-state index in [4.69, 9.17) is 11.6 Å². The molecule has 3 rings (SSSR count). The highest BCUT2D eigenvalue weighted by atomic mass is 35.5.